The number of thiophene rings is 1. The molecular weight excluding hydrogens is 425 g/mol. The van der Waals surface area contributed by atoms with Gasteiger partial charge in [-0.2, -0.15) is 0 Å². The Hall–Kier alpha value is -3.78. The largest absolute Gasteiger partial charge is 0.497 e. The number of ether oxygens (including phenoxy) is 1. The summed E-state index contributed by atoms with van der Waals surface area (Å²) in [7, 11) is 3.61. The van der Waals surface area contributed by atoms with Crippen molar-refractivity contribution in [1.82, 2.24) is 19.5 Å². The van der Waals surface area contributed by atoms with Crippen LogP contribution in [0.15, 0.2) is 72.6 Å². The molecule has 0 aliphatic carbocycles. The van der Waals surface area contributed by atoms with Crippen LogP contribution in [0.25, 0.3) is 21.3 Å². The summed E-state index contributed by atoms with van der Waals surface area (Å²) in [5, 5.41) is 6.50. The fourth-order valence-electron chi connectivity index (χ4n) is 3.74. The van der Waals surface area contributed by atoms with Crippen LogP contribution in [0.4, 0.5) is 10.2 Å². The van der Waals surface area contributed by atoms with Crippen molar-refractivity contribution >= 4 is 27.4 Å². The lowest BCUT2D eigenvalue weighted by atomic mass is 10.0. The van der Waals surface area contributed by atoms with E-state index in [-0.39, 0.29) is 11.9 Å². The van der Waals surface area contributed by atoms with Crippen molar-refractivity contribution < 1.29 is 9.13 Å². The minimum absolute atomic E-state index is 0.268. The number of methoxy groups -OCH3 is 1. The molecule has 0 aliphatic heterocycles. The topological polar surface area (TPSA) is 64.9 Å². The van der Waals surface area contributed by atoms with Crippen molar-refractivity contribution in [2.45, 2.75) is 6.04 Å². The summed E-state index contributed by atoms with van der Waals surface area (Å²) in [6, 6.07) is 14.1. The number of hydrogen-bond acceptors (Lipinski definition) is 6. The van der Waals surface area contributed by atoms with Crippen LogP contribution in [-0.4, -0.2) is 26.6 Å². The molecule has 1 atom stereocenters. The molecule has 0 fully saturated rings. The molecule has 0 bridgehead atoms. The molecule has 0 saturated carbocycles. The summed E-state index contributed by atoms with van der Waals surface area (Å²) < 4.78 is 20.9. The van der Waals surface area contributed by atoms with E-state index >= 15 is 0 Å². The van der Waals surface area contributed by atoms with Gasteiger partial charge in [0, 0.05) is 30.4 Å². The van der Waals surface area contributed by atoms with E-state index in [2.05, 4.69) is 20.3 Å². The lowest BCUT2D eigenvalue weighted by Crippen LogP contribution is -2.17. The molecule has 160 valence electrons. The number of rotatable bonds is 6. The van der Waals surface area contributed by atoms with Crippen molar-refractivity contribution in [2.24, 2.45) is 7.05 Å². The Bertz CT molecular complexity index is 1380. The van der Waals surface area contributed by atoms with E-state index in [4.69, 9.17) is 4.74 Å². The number of nitrogens with one attached hydrogen (secondary N) is 1. The van der Waals surface area contributed by atoms with Gasteiger partial charge in [-0.05, 0) is 35.4 Å². The van der Waals surface area contributed by atoms with Gasteiger partial charge in [-0.25, -0.2) is 19.3 Å². The second kappa shape index (κ2) is 8.39. The molecule has 1 N–H and O–H groups in total. The number of halogens is 1. The van der Waals surface area contributed by atoms with Crippen LogP contribution in [0.1, 0.15) is 17.4 Å². The number of hydrogen-bond donors (Lipinski definition) is 1. The number of imidazole rings is 1. The number of nitrogens with zero attached hydrogens (tertiary/aromatic N) is 4. The highest BCUT2D eigenvalue weighted by Crippen LogP contribution is 2.38. The zero-order valence-corrected chi connectivity index (χ0v) is 18.3. The summed E-state index contributed by atoms with van der Waals surface area (Å²) in [5.74, 6) is 2.02. The van der Waals surface area contributed by atoms with Gasteiger partial charge in [0.1, 0.15) is 40.4 Å². The number of aryl methyl sites for hydroxylation is 1. The predicted octanol–water partition coefficient (Wildman–Crippen LogP) is 5.44. The number of fused-ring (bicyclic) bond motifs is 1. The van der Waals surface area contributed by atoms with Crippen LogP contribution < -0.4 is 10.1 Å². The fraction of sp³-hybridized carbons (Fsp3) is 0.125. The lowest BCUT2D eigenvalue weighted by molar-refractivity contribution is 0.414. The molecule has 5 rings (SSSR count). The molecule has 0 spiro atoms. The molecule has 0 aliphatic rings. The summed E-state index contributed by atoms with van der Waals surface area (Å²) in [6.45, 7) is 0. The molecule has 0 radical (unpaired) electrons. The smallest absolute Gasteiger partial charge is 0.139 e. The summed E-state index contributed by atoms with van der Waals surface area (Å²) in [6.07, 6.45) is 5.24. The quantitative estimate of drug-likeness (QED) is 0.377. The molecule has 0 amide bonds. The first-order chi connectivity index (χ1) is 15.6. The third-order valence-corrected chi connectivity index (χ3v) is 6.24. The summed E-state index contributed by atoms with van der Waals surface area (Å²) in [4.78, 5) is 14.5. The molecule has 1 unspecified atom stereocenters. The van der Waals surface area contributed by atoms with Gasteiger partial charge < -0.3 is 14.6 Å². The van der Waals surface area contributed by atoms with E-state index in [1.54, 1.807) is 31.8 Å². The molecule has 3 aromatic heterocycles. The van der Waals surface area contributed by atoms with Crippen LogP contribution in [0.2, 0.25) is 0 Å². The molecule has 6 nitrogen and oxygen atoms in total. The van der Waals surface area contributed by atoms with Crippen molar-refractivity contribution in [3.63, 3.8) is 0 Å². The highest BCUT2D eigenvalue weighted by molar-refractivity contribution is 7.17. The number of anilines is 1. The Kier molecular flexibility index (Phi) is 5.28. The monoisotopic (exact) mass is 445 g/mol. The van der Waals surface area contributed by atoms with Crippen molar-refractivity contribution in [1.29, 1.82) is 0 Å². The van der Waals surface area contributed by atoms with Crippen LogP contribution >= 0.6 is 11.3 Å². The molecule has 3 heterocycles. The van der Waals surface area contributed by atoms with E-state index in [9.17, 15) is 4.39 Å². The molecule has 32 heavy (non-hydrogen) atoms. The van der Waals surface area contributed by atoms with Gasteiger partial charge in [0.25, 0.3) is 0 Å². The second-order valence-electron chi connectivity index (χ2n) is 7.31. The van der Waals surface area contributed by atoms with Gasteiger partial charge >= 0.3 is 0 Å². The zero-order valence-electron chi connectivity index (χ0n) is 17.5. The summed E-state index contributed by atoms with van der Waals surface area (Å²) in [5.41, 5.74) is 2.85. The third kappa shape index (κ3) is 3.69. The molecule has 8 heteroatoms. The average Bonchev–Trinajstić information content (AvgIpc) is 3.45. The van der Waals surface area contributed by atoms with E-state index in [0.717, 1.165) is 38.5 Å². The number of benzene rings is 2. The Morgan fingerprint density at radius 1 is 1.09 bits per heavy atom. The zero-order chi connectivity index (χ0) is 22.1. The number of aromatic nitrogens is 4. The maximum atomic E-state index is 13.5. The molecular formula is C24H20FN5OS. The van der Waals surface area contributed by atoms with Gasteiger partial charge in [-0.1, -0.05) is 24.3 Å². The standard InChI is InChI=1S/C24H20FN5OS/c1-30-11-10-26-23(30)21(16-4-3-5-18(12-16)31-2)29-22-20-19(13-32-24(20)28-14-27-22)15-6-8-17(25)9-7-15/h3-14,21H,1-2H3,(H,27,28,29). The van der Waals surface area contributed by atoms with E-state index < -0.39 is 0 Å². The molecule has 0 saturated heterocycles. The van der Waals surface area contributed by atoms with Crippen molar-refractivity contribution in [2.75, 3.05) is 12.4 Å². The Labute approximate surface area is 188 Å². The maximum absolute atomic E-state index is 13.5. The van der Waals surface area contributed by atoms with Gasteiger partial charge in [0.15, 0.2) is 0 Å². The van der Waals surface area contributed by atoms with Crippen molar-refractivity contribution in [3.8, 4) is 16.9 Å². The third-order valence-electron chi connectivity index (χ3n) is 5.35. The van der Waals surface area contributed by atoms with Crippen LogP contribution in [-0.2, 0) is 7.05 Å². The van der Waals surface area contributed by atoms with Crippen LogP contribution in [0.5, 0.6) is 5.75 Å². The van der Waals surface area contributed by atoms with Crippen LogP contribution in [0.3, 0.4) is 0 Å². The SMILES string of the molecule is COc1cccc(C(Nc2ncnc3scc(-c4ccc(F)cc4)c23)c2nccn2C)c1. The highest BCUT2D eigenvalue weighted by Gasteiger charge is 2.22. The first kappa shape index (κ1) is 20.1. The molecule has 2 aromatic carbocycles. The average molecular weight is 446 g/mol. The van der Waals surface area contributed by atoms with E-state index in [1.807, 2.05) is 47.5 Å². The van der Waals surface area contributed by atoms with Gasteiger partial charge in [-0.3, -0.25) is 0 Å². The molecule has 5 aromatic rings. The van der Waals surface area contributed by atoms with E-state index in [1.165, 1.54) is 23.5 Å². The van der Waals surface area contributed by atoms with Crippen LogP contribution in [0, 0.1) is 5.82 Å². The lowest BCUT2D eigenvalue weighted by Gasteiger charge is -2.21. The first-order valence-electron chi connectivity index (χ1n) is 10.00. The maximum Gasteiger partial charge on any atom is 0.139 e. The van der Waals surface area contributed by atoms with Gasteiger partial charge in [0.2, 0.25) is 0 Å². The predicted molar refractivity (Wildman–Crippen MR) is 124 cm³/mol. The van der Waals surface area contributed by atoms with Gasteiger partial charge in [0.05, 0.1) is 12.5 Å². The second-order valence-corrected chi connectivity index (χ2v) is 8.17. The minimum Gasteiger partial charge on any atom is -0.497 e. The first-order valence-corrected chi connectivity index (χ1v) is 10.9. The fourth-order valence-corrected chi connectivity index (χ4v) is 4.65. The Morgan fingerprint density at radius 2 is 1.94 bits per heavy atom. The summed E-state index contributed by atoms with van der Waals surface area (Å²) >= 11 is 1.53. The van der Waals surface area contributed by atoms with Gasteiger partial charge in [-0.15, -0.1) is 11.3 Å². The Balaban J connectivity index is 1.64. The Morgan fingerprint density at radius 3 is 2.69 bits per heavy atom. The van der Waals surface area contributed by atoms with Crippen molar-refractivity contribution in [3.05, 3.63) is 89.8 Å². The highest BCUT2D eigenvalue weighted by atomic mass is 32.1. The minimum atomic E-state index is -0.274. The van der Waals surface area contributed by atoms with E-state index in [0.29, 0.717) is 5.82 Å². The normalized spacial score (nSPS) is 12.1.